The van der Waals surface area contributed by atoms with Crippen LogP contribution in [0.15, 0.2) is 35.0 Å². The van der Waals surface area contributed by atoms with Gasteiger partial charge in [-0.3, -0.25) is 4.98 Å². The zero-order valence-corrected chi connectivity index (χ0v) is 15.4. The van der Waals surface area contributed by atoms with Crippen LogP contribution in [0.25, 0.3) is 21.3 Å². The average Bonchev–Trinajstić information content (AvgIpc) is 2.60. The van der Waals surface area contributed by atoms with E-state index < -0.39 is 0 Å². The first-order valence-electron chi connectivity index (χ1n) is 9.23. The summed E-state index contributed by atoms with van der Waals surface area (Å²) < 4.78 is 0. The molecule has 0 spiro atoms. The topological polar surface area (TPSA) is 87.7 Å². The second-order valence-electron chi connectivity index (χ2n) is 7.38. The van der Waals surface area contributed by atoms with Crippen molar-refractivity contribution in [2.75, 3.05) is 12.3 Å². The Kier molecular flexibility index (Phi) is 4.75. The van der Waals surface area contributed by atoms with Gasteiger partial charge in [-0.2, -0.15) is 0 Å². The minimum absolute atomic E-state index is 0.466. The van der Waals surface area contributed by atoms with Crippen LogP contribution in [0.4, 0.5) is 5.69 Å². The van der Waals surface area contributed by atoms with E-state index in [9.17, 15) is 0 Å². The quantitative estimate of drug-likeness (QED) is 0.233. The second kappa shape index (κ2) is 7.18. The van der Waals surface area contributed by atoms with Gasteiger partial charge < -0.3 is 5.73 Å². The van der Waals surface area contributed by atoms with Gasteiger partial charge in [0.05, 0.1) is 5.52 Å². The molecule has 0 saturated carbocycles. The molecule has 5 nitrogen and oxygen atoms in total. The lowest BCUT2D eigenvalue weighted by Crippen LogP contribution is -2.24. The Morgan fingerprint density at radius 2 is 2.19 bits per heavy atom. The van der Waals surface area contributed by atoms with Crippen LogP contribution < -0.4 is 5.73 Å². The number of hydrogen-bond donors (Lipinski definition) is 1. The van der Waals surface area contributed by atoms with Crippen molar-refractivity contribution in [3.8, 4) is 0 Å². The molecule has 0 radical (unpaired) electrons. The summed E-state index contributed by atoms with van der Waals surface area (Å²) in [7, 11) is 0. The molecule has 2 bridgehead atoms. The lowest BCUT2D eigenvalue weighted by Gasteiger charge is -2.36. The van der Waals surface area contributed by atoms with Crippen molar-refractivity contribution in [2.24, 2.45) is 11.0 Å². The largest absolute Gasteiger partial charge is 0.398 e. The Bertz CT molecular complexity index is 929. The number of halogens is 1. The predicted octanol–water partition coefficient (Wildman–Crippen LogP) is 5.93. The van der Waals surface area contributed by atoms with E-state index in [0.29, 0.717) is 23.4 Å². The number of nitrogens with zero attached hydrogens (tertiary/aromatic N) is 4. The molecule has 1 aromatic carbocycles. The van der Waals surface area contributed by atoms with E-state index in [1.54, 1.807) is 0 Å². The van der Waals surface area contributed by atoms with Crippen LogP contribution in [-0.2, 0) is 6.42 Å². The fourth-order valence-electron chi connectivity index (χ4n) is 4.55. The van der Waals surface area contributed by atoms with Gasteiger partial charge in [-0.15, -0.1) is 0 Å². The molecule has 1 heterocycles. The molecule has 2 aliphatic carbocycles. The molecular weight excluding hydrogens is 346 g/mol. The fourth-order valence-corrected chi connectivity index (χ4v) is 4.72. The van der Waals surface area contributed by atoms with Crippen LogP contribution in [-0.4, -0.2) is 11.5 Å². The maximum atomic E-state index is 8.35. The van der Waals surface area contributed by atoms with E-state index in [0.717, 1.165) is 54.4 Å². The first-order chi connectivity index (χ1) is 12.7. The molecule has 6 heteroatoms. The normalized spacial score (nSPS) is 21.0. The Morgan fingerprint density at radius 1 is 1.31 bits per heavy atom. The smallest absolute Gasteiger partial charge is 0.0741 e. The van der Waals surface area contributed by atoms with Crippen LogP contribution >= 0.6 is 11.6 Å². The van der Waals surface area contributed by atoms with Crippen LogP contribution in [0.1, 0.15) is 49.3 Å². The molecule has 0 saturated heterocycles. The van der Waals surface area contributed by atoms with Crippen molar-refractivity contribution in [2.45, 2.75) is 44.4 Å². The molecule has 0 amide bonds. The molecule has 2 aromatic rings. The van der Waals surface area contributed by atoms with Crippen molar-refractivity contribution < 1.29 is 0 Å². The zero-order chi connectivity index (χ0) is 18.1. The summed E-state index contributed by atoms with van der Waals surface area (Å²) in [6.45, 7) is 0.588. The molecule has 2 N–H and O–H groups in total. The van der Waals surface area contributed by atoms with Gasteiger partial charge in [0.2, 0.25) is 0 Å². The van der Waals surface area contributed by atoms with Crippen LogP contribution in [0.2, 0.25) is 5.02 Å². The van der Waals surface area contributed by atoms with Gasteiger partial charge in [0.1, 0.15) is 0 Å². The number of hydrogen-bond acceptors (Lipinski definition) is 3. The Labute approximate surface area is 157 Å². The summed E-state index contributed by atoms with van der Waals surface area (Å²) in [6, 6.07) is 5.78. The molecule has 2 aliphatic rings. The summed E-state index contributed by atoms with van der Waals surface area (Å²) >= 11 is 6.13. The van der Waals surface area contributed by atoms with Crippen molar-refractivity contribution in [3.05, 3.63) is 56.6 Å². The maximum absolute atomic E-state index is 8.35. The van der Waals surface area contributed by atoms with E-state index >= 15 is 0 Å². The number of rotatable bonds is 5. The zero-order valence-electron chi connectivity index (χ0n) is 14.7. The van der Waals surface area contributed by atoms with Gasteiger partial charge in [-0.05, 0) is 74.1 Å². The first kappa shape index (κ1) is 17.2. The molecule has 4 rings (SSSR count). The highest BCUT2D eigenvalue weighted by Crippen LogP contribution is 2.47. The third-order valence-corrected chi connectivity index (χ3v) is 5.84. The number of fused-ring (bicyclic) bond motifs is 5. The molecule has 2 atom stereocenters. The summed E-state index contributed by atoms with van der Waals surface area (Å²) in [5.74, 6) is 1.02. The van der Waals surface area contributed by atoms with E-state index in [2.05, 4.69) is 16.1 Å². The van der Waals surface area contributed by atoms with Gasteiger partial charge in [-0.1, -0.05) is 28.4 Å². The number of aromatic nitrogens is 1. The monoisotopic (exact) mass is 367 g/mol. The number of pyridine rings is 1. The van der Waals surface area contributed by atoms with Crippen LogP contribution in [0.3, 0.4) is 0 Å². The van der Waals surface area contributed by atoms with E-state index in [-0.39, 0.29) is 0 Å². The fraction of sp³-hybridized carbons (Fsp3) is 0.450. The van der Waals surface area contributed by atoms with E-state index in [4.69, 9.17) is 27.8 Å². The summed E-state index contributed by atoms with van der Waals surface area (Å²) in [4.78, 5) is 7.71. The predicted molar refractivity (Wildman–Crippen MR) is 106 cm³/mol. The van der Waals surface area contributed by atoms with Gasteiger partial charge in [0.15, 0.2) is 0 Å². The highest BCUT2D eigenvalue weighted by Gasteiger charge is 2.33. The minimum atomic E-state index is 0.466. The lowest BCUT2D eigenvalue weighted by atomic mass is 9.70. The highest BCUT2D eigenvalue weighted by atomic mass is 35.5. The Hall–Kier alpha value is -2.23. The number of allylic oxidation sites excluding steroid dienone is 2. The van der Waals surface area contributed by atoms with Gasteiger partial charge in [-0.25, -0.2) is 0 Å². The first-order valence-corrected chi connectivity index (χ1v) is 9.61. The molecule has 26 heavy (non-hydrogen) atoms. The van der Waals surface area contributed by atoms with E-state index in [1.807, 2.05) is 18.2 Å². The summed E-state index contributed by atoms with van der Waals surface area (Å²) in [5, 5.41) is 5.32. The van der Waals surface area contributed by atoms with Gasteiger partial charge in [0, 0.05) is 38.8 Å². The molecular formula is C20H22ClN5. The van der Waals surface area contributed by atoms with Crippen molar-refractivity contribution in [1.29, 1.82) is 0 Å². The average molecular weight is 368 g/mol. The maximum Gasteiger partial charge on any atom is 0.0741 e. The Balaban J connectivity index is 1.58. The molecule has 0 unspecified atom stereocenters. The number of nitrogen functional groups attached to an aromatic ring is 1. The van der Waals surface area contributed by atoms with E-state index in [1.165, 1.54) is 17.6 Å². The minimum Gasteiger partial charge on any atom is -0.398 e. The number of unbranched alkanes of at least 4 members (excludes halogenated alkanes) is 1. The Morgan fingerprint density at radius 3 is 3.04 bits per heavy atom. The third-order valence-electron chi connectivity index (χ3n) is 5.61. The number of benzene rings is 1. The molecule has 134 valence electrons. The SMILES string of the molecule is [N-]=[N+]=NCCCCC1=C[C@H]2Cc3nc4cc(Cl)ccc4c(N)c3[C@@H](C1)C2. The second-order valence-corrected chi connectivity index (χ2v) is 7.82. The van der Waals surface area contributed by atoms with Crippen molar-refractivity contribution in [3.63, 3.8) is 0 Å². The number of azide groups is 1. The van der Waals surface area contributed by atoms with Crippen LogP contribution in [0.5, 0.6) is 0 Å². The summed E-state index contributed by atoms with van der Waals surface area (Å²) in [5.41, 5.74) is 20.6. The number of anilines is 1. The summed E-state index contributed by atoms with van der Waals surface area (Å²) in [6.07, 6.45) is 8.74. The third kappa shape index (κ3) is 3.25. The standard InChI is InChI=1S/C20H22ClN5/c21-15-4-5-16-17(11-15)25-18-10-13-7-12(3-1-2-6-24-26-23)8-14(9-13)19(18)20(16)22/h4-5,7,11,13-14H,1-3,6,8-10H2,(H2,22,25)/t13-,14+/m1/s1. The molecule has 1 aromatic heterocycles. The van der Waals surface area contributed by atoms with Crippen LogP contribution in [0, 0.1) is 5.92 Å². The van der Waals surface area contributed by atoms with Gasteiger partial charge >= 0.3 is 0 Å². The highest BCUT2D eigenvalue weighted by molar-refractivity contribution is 6.31. The molecule has 0 aliphatic heterocycles. The van der Waals surface area contributed by atoms with Crippen molar-refractivity contribution >= 4 is 28.2 Å². The van der Waals surface area contributed by atoms with Crippen molar-refractivity contribution in [1.82, 2.24) is 4.98 Å². The molecule has 0 fully saturated rings. The van der Waals surface area contributed by atoms with Gasteiger partial charge in [0.25, 0.3) is 0 Å². The lowest BCUT2D eigenvalue weighted by molar-refractivity contribution is 0.426. The number of nitrogens with two attached hydrogens (primary N) is 1.